The highest BCUT2D eigenvalue weighted by atomic mass is 79.9. The Morgan fingerprint density at radius 3 is 2.89 bits per heavy atom. The molecule has 0 saturated carbocycles. The minimum atomic E-state index is -0.366. The summed E-state index contributed by atoms with van der Waals surface area (Å²) in [7, 11) is 0. The maximum absolute atomic E-state index is 10.8. The van der Waals surface area contributed by atoms with E-state index in [1.54, 1.807) is 12.1 Å². The molecule has 1 atom stereocenters. The van der Waals surface area contributed by atoms with Crippen molar-refractivity contribution >= 4 is 33.4 Å². The van der Waals surface area contributed by atoms with Crippen molar-refractivity contribution in [2.45, 2.75) is 32.9 Å². The predicted molar refractivity (Wildman–Crippen MR) is 84.7 cm³/mol. The van der Waals surface area contributed by atoms with Crippen LogP contribution >= 0.6 is 27.7 Å². The zero-order chi connectivity index (χ0) is 14.3. The normalized spacial score (nSPS) is 12.4. The maximum Gasteiger partial charge on any atom is 0.283 e. The molecule has 1 N–H and O–H groups in total. The van der Waals surface area contributed by atoms with Crippen molar-refractivity contribution in [2.24, 2.45) is 0 Å². The summed E-state index contributed by atoms with van der Waals surface area (Å²) in [4.78, 5) is 10.5. The van der Waals surface area contributed by atoms with Crippen LogP contribution in [0.1, 0.15) is 25.8 Å². The van der Waals surface area contributed by atoms with Gasteiger partial charge in [-0.05, 0) is 52.4 Å². The van der Waals surface area contributed by atoms with Crippen LogP contribution in [0.2, 0.25) is 0 Å². The zero-order valence-corrected chi connectivity index (χ0v) is 13.6. The van der Waals surface area contributed by atoms with Crippen LogP contribution in [0.5, 0.6) is 0 Å². The SMILES string of the molecule is CCSCCC(C)NCc1ccc(Br)c([N+](=O)[O-])c1. The number of benzene rings is 1. The van der Waals surface area contributed by atoms with Crippen LogP contribution in [-0.2, 0) is 6.54 Å². The van der Waals surface area contributed by atoms with Crippen molar-refractivity contribution in [2.75, 3.05) is 11.5 Å². The Labute approximate surface area is 126 Å². The van der Waals surface area contributed by atoms with Gasteiger partial charge in [-0.1, -0.05) is 13.0 Å². The smallest absolute Gasteiger partial charge is 0.283 e. The Bertz CT molecular complexity index is 429. The molecule has 19 heavy (non-hydrogen) atoms. The highest BCUT2D eigenvalue weighted by molar-refractivity contribution is 9.10. The number of hydrogen-bond acceptors (Lipinski definition) is 4. The lowest BCUT2D eigenvalue weighted by Gasteiger charge is -2.13. The Kier molecular flexibility index (Phi) is 7.41. The van der Waals surface area contributed by atoms with Gasteiger partial charge in [0.25, 0.3) is 5.69 Å². The summed E-state index contributed by atoms with van der Waals surface area (Å²) in [5.74, 6) is 2.29. The predicted octanol–water partition coefficient (Wildman–Crippen LogP) is 3.98. The number of nitrogens with zero attached hydrogens (tertiary/aromatic N) is 1. The third-order valence-corrected chi connectivity index (χ3v) is 4.36. The highest BCUT2D eigenvalue weighted by Gasteiger charge is 2.12. The van der Waals surface area contributed by atoms with Crippen molar-refractivity contribution < 1.29 is 4.92 Å². The summed E-state index contributed by atoms with van der Waals surface area (Å²) in [6.07, 6.45) is 1.11. The molecule has 0 saturated heterocycles. The van der Waals surface area contributed by atoms with Gasteiger partial charge in [0.15, 0.2) is 0 Å². The standard InChI is InChI=1S/C13H19BrN2O2S/c1-3-19-7-6-10(2)15-9-11-4-5-12(14)13(8-11)16(17)18/h4-5,8,10,15H,3,6-7,9H2,1-2H3. The van der Waals surface area contributed by atoms with E-state index in [9.17, 15) is 10.1 Å². The second kappa shape index (κ2) is 8.55. The minimum absolute atomic E-state index is 0.119. The molecule has 0 spiro atoms. The molecule has 0 amide bonds. The fourth-order valence-corrected chi connectivity index (χ4v) is 2.81. The lowest BCUT2D eigenvalue weighted by molar-refractivity contribution is -0.385. The van der Waals surface area contributed by atoms with Crippen LogP contribution in [-0.4, -0.2) is 22.5 Å². The van der Waals surface area contributed by atoms with Gasteiger partial charge in [0.05, 0.1) is 9.40 Å². The fraction of sp³-hybridized carbons (Fsp3) is 0.538. The summed E-state index contributed by atoms with van der Waals surface area (Å²) in [6.45, 7) is 4.96. The number of rotatable bonds is 8. The topological polar surface area (TPSA) is 55.2 Å². The Balaban J connectivity index is 2.49. The van der Waals surface area contributed by atoms with Gasteiger partial charge in [-0.15, -0.1) is 0 Å². The molecule has 0 bridgehead atoms. The van der Waals surface area contributed by atoms with Crippen LogP contribution in [0.15, 0.2) is 22.7 Å². The van der Waals surface area contributed by atoms with Gasteiger partial charge in [-0.25, -0.2) is 0 Å². The molecule has 4 nitrogen and oxygen atoms in total. The third-order valence-electron chi connectivity index (χ3n) is 2.76. The van der Waals surface area contributed by atoms with Crippen molar-refractivity contribution in [1.82, 2.24) is 5.32 Å². The van der Waals surface area contributed by atoms with Crippen LogP contribution in [0.25, 0.3) is 0 Å². The molecule has 0 aromatic heterocycles. The summed E-state index contributed by atoms with van der Waals surface area (Å²) in [6, 6.07) is 5.66. The first-order valence-corrected chi connectivity index (χ1v) is 8.23. The molecule has 0 aliphatic rings. The number of nitro groups is 1. The van der Waals surface area contributed by atoms with E-state index in [4.69, 9.17) is 0 Å². The maximum atomic E-state index is 10.8. The van der Waals surface area contributed by atoms with Crippen LogP contribution in [0.4, 0.5) is 5.69 Å². The number of hydrogen-bond donors (Lipinski definition) is 1. The third kappa shape index (κ3) is 5.93. The van der Waals surface area contributed by atoms with Crippen molar-refractivity contribution in [3.05, 3.63) is 38.3 Å². The number of nitro benzene ring substituents is 1. The molecule has 0 radical (unpaired) electrons. The van der Waals surface area contributed by atoms with Gasteiger partial charge < -0.3 is 5.32 Å². The first kappa shape index (κ1) is 16.5. The van der Waals surface area contributed by atoms with E-state index >= 15 is 0 Å². The second-order valence-corrected chi connectivity index (χ2v) is 6.56. The number of halogens is 1. The molecule has 0 aliphatic carbocycles. The fourth-order valence-electron chi connectivity index (χ4n) is 1.61. The van der Waals surface area contributed by atoms with E-state index in [0.29, 0.717) is 17.1 Å². The molecule has 1 aromatic carbocycles. The van der Waals surface area contributed by atoms with E-state index < -0.39 is 0 Å². The van der Waals surface area contributed by atoms with Crippen LogP contribution in [0, 0.1) is 10.1 Å². The second-order valence-electron chi connectivity index (χ2n) is 4.31. The molecule has 0 fully saturated rings. The van der Waals surface area contributed by atoms with Gasteiger partial charge in [0, 0.05) is 18.7 Å². The lowest BCUT2D eigenvalue weighted by atomic mass is 10.2. The summed E-state index contributed by atoms with van der Waals surface area (Å²) in [5, 5.41) is 14.2. The van der Waals surface area contributed by atoms with Gasteiger partial charge in [0.1, 0.15) is 0 Å². The molecule has 0 aliphatic heterocycles. The molecule has 0 heterocycles. The lowest BCUT2D eigenvalue weighted by Crippen LogP contribution is -2.26. The molecular formula is C13H19BrN2O2S. The molecule has 1 aromatic rings. The Morgan fingerprint density at radius 1 is 1.53 bits per heavy atom. The van der Waals surface area contributed by atoms with E-state index in [-0.39, 0.29) is 10.6 Å². The van der Waals surface area contributed by atoms with Crippen molar-refractivity contribution in [1.29, 1.82) is 0 Å². The van der Waals surface area contributed by atoms with Crippen LogP contribution in [0.3, 0.4) is 0 Å². The van der Waals surface area contributed by atoms with Crippen LogP contribution < -0.4 is 5.32 Å². The average molecular weight is 347 g/mol. The molecular weight excluding hydrogens is 328 g/mol. The Morgan fingerprint density at radius 2 is 2.26 bits per heavy atom. The van der Waals surface area contributed by atoms with E-state index in [0.717, 1.165) is 23.5 Å². The largest absolute Gasteiger partial charge is 0.310 e. The van der Waals surface area contributed by atoms with Gasteiger partial charge >= 0.3 is 0 Å². The average Bonchev–Trinajstić information content (AvgIpc) is 2.37. The molecule has 1 rings (SSSR count). The van der Waals surface area contributed by atoms with Crippen molar-refractivity contribution in [3.8, 4) is 0 Å². The molecule has 1 unspecified atom stereocenters. The summed E-state index contributed by atoms with van der Waals surface area (Å²) < 4.78 is 0.522. The quantitative estimate of drug-likeness (QED) is 0.439. The van der Waals surface area contributed by atoms with E-state index in [2.05, 4.69) is 35.1 Å². The zero-order valence-electron chi connectivity index (χ0n) is 11.2. The molecule has 6 heteroatoms. The van der Waals surface area contributed by atoms with Gasteiger partial charge in [-0.2, -0.15) is 11.8 Å². The highest BCUT2D eigenvalue weighted by Crippen LogP contribution is 2.25. The number of nitrogens with one attached hydrogen (secondary N) is 1. The first-order valence-electron chi connectivity index (χ1n) is 6.28. The Hall–Kier alpha value is -0.590. The van der Waals surface area contributed by atoms with Crippen molar-refractivity contribution in [3.63, 3.8) is 0 Å². The number of thioether (sulfide) groups is 1. The van der Waals surface area contributed by atoms with E-state index in [1.807, 2.05) is 17.8 Å². The monoisotopic (exact) mass is 346 g/mol. The van der Waals surface area contributed by atoms with Gasteiger partial charge in [0.2, 0.25) is 0 Å². The summed E-state index contributed by atoms with van der Waals surface area (Å²) >= 11 is 5.12. The van der Waals surface area contributed by atoms with E-state index in [1.165, 1.54) is 0 Å². The minimum Gasteiger partial charge on any atom is -0.310 e. The first-order chi connectivity index (χ1) is 9.04. The molecule has 106 valence electrons. The van der Waals surface area contributed by atoms with Gasteiger partial charge in [-0.3, -0.25) is 10.1 Å². The summed E-state index contributed by atoms with van der Waals surface area (Å²) in [5.41, 5.74) is 1.05.